The van der Waals surface area contributed by atoms with Crippen LogP contribution >= 0.6 is 0 Å². The van der Waals surface area contributed by atoms with E-state index in [-0.39, 0.29) is 0 Å². The van der Waals surface area contributed by atoms with Crippen LogP contribution in [0.1, 0.15) is 61.8 Å². The Kier molecular flexibility index (Phi) is 8.32. The summed E-state index contributed by atoms with van der Waals surface area (Å²) in [6, 6.07) is 28.5. The van der Waals surface area contributed by atoms with Gasteiger partial charge in [-0.1, -0.05) is 51.0 Å². The zero-order valence-electron chi connectivity index (χ0n) is 29.4. The number of aromatic nitrogens is 6. The van der Waals surface area contributed by atoms with Gasteiger partial charge in [0.2, 0.25) is 12.7 Å². The van der Waals surface area contributed by atoms with Crippen molar-refractivity contribution < 1.29 is 9.13 Å². The van der Waals surface area contributed by atoms with E-state index in [4.69, 9.17) is 0 Å². The Morgan fingerprint density at radius 2 is 0.857 bits per heavy atom. The van der Waals surface area contributed by atoms with Crippen LogP contribution in [-0.2, 0) is 46.7 Å². The van der Waals surface area contributed by atoms with Crippen LogP contribution in [0.4, 0.5) is 0 Å². The number of aryl methyl sites for hydroxylation is 4. The fourth-order valence-corrected chi connectivity index (χ4v) is 7.78. The highest BCUT2D eigenvalue weighted by Crippen LogP contribution is 2.34. The van der Waals surface area contributed by atoms with E-state index < -0.39 is 0 Å². The third-order valence-electron chi connectivity index (χ3n) is 10.2. The van der Waals surface area contributed by atoms with Gasteiger partial charge in [-0.05, 0) is 90.0 Å². The molecule has 0 aliphatic carbocycles. The highest BCUT2D eigenvalue weighted by atomic mass is 15.1. The molecule has 49 heavy (non-hydrogen) atoms. The molecule has 0 unspecified atom stereocenters. The molecule has 0 N–H and O–H groups in total. The van der Waals surface area contributed by atoms with Crippen molar-refractivity contribution in [1.82, 2.24) is 18.3 Å². The van der Waals surface area contributed by atoms with E-state index in [1.165, 1.54) is 91.5 Å². The molecule has 0 saturated carbocycles. The van der Waals surface area contributed by atoms with Crippen molar-refractivity contribution in [1.29, 1.82) is 0 Å². The first kappa shape index (κ1) is 31.2. The first-order valence-electron chi connectivity index (χ1n) is 18.1. The lowest BCUT2D eigenvalue weighted by Crippen LogP contribution is -2.23. The molecular formula is C43H48N6+2. The lowest BCUT2D eigenvalue weighted by molar-refractivity contribution is -0.671. The van der Waals surface area contributed by atoms with Crippen molar-refractivity contribution in [2.24, 2.45) is 14.1 Å². The summed E-state index contributed by atoms with van der Waals surface area (Å²) in [5.74, 6) is 0. The van der Waals surface area contributed by atoms with Crippen molar-refractivity contribution in [2.45, 2.75) is 72.1 Å². The van der Waals surface area contributed by atoms with Gasteiger partial charge in [0.25, 0.3) is 0 Å². The Hall–Kier alpha value is -5.10. The van der Waals surface area contributed by atoms with E-state index in [1.54, 1.807) is 0 Å². The number of unbranched alkanes of at least 4 members (excludes halogenated alkanes) is 2. The van der Waals surface area contributed by atoms with Crippen molar-refractivity contribution >= 4 is 43.6 Å². The average Bonchev–Trinajstić information content (AvgIpc) is 3.86. The van der Waals surface area contributed by atoms with Gasteiger partial charge >= 0.3 is 0 Å². The van der Waals surface area contributed by atoms with E-state index in [2.05, 4.69) is 166 Å². The van der Waals surface area contributed by atoms with Gasteiger partial charge < -0.3 is 9.13 Å². The van der Waals surface area contributed by atoms with Crippen LogP contribution in [0.25, 0.3) is 43.6 Å². The average molecular weight is 649 g/mol. The molecule has 0 saturated heterocycles. The van der Waals surface area contributed by atoms with Gasteiger partial charge in [-0.2, -0.15) is 0 Å². The van der Waals surface area contributed by atoms with Gasteiger partial charge in [0, 0.05) is 56.7 Å². The smallest absolute Gasteiger partial charge is 0.243 e. The summed E-state index contributed by atoms with van der Waals surface area (Å²) < 4.78 is 13.8. The lowest BCUT2D eigenvalue weighted by atomic mass is 10.00. The molecule has 0 radical (unpaired) electrons. The van der Waals surface area contributed by atoms with Gasteiger partial charge in [0.1, 0.15) is 37.9 Å². The van der Waals surface area contributed by atoms with Crippen LogP contribution in [0.5, 0.6) is 0 Å². The van der Waals surface area contributed by atoms with Crippen molar-refractivity contribution in [3.8, 4) is 0 Å². The molecule has 0 aliphatic heterocycles. The van der Waals surface area contributed by atoms with E-state index in [0.717, 1.165) is 32.6 Å². The van der Waals surface area contributed by atoms with Crippen molar-refractivity contribution in [3.63, 3.8) is 0 Å². The molecule has 0 aliphatic rings. The number of fused-ring (bicyclic) bond motifs is 6. The van der Waals surface area contributed by atoms with Crippen LogP contribution in [0.3, 0.4) is 0 Å². The first-order valence-corrected chi connectivity index (χ1v) is 18.1. The van der Waals surface area contributed by atoms with E-state index in [0.29, 0.717) is 0 Å². The topological polar surface area (TPSA) is 27.5 Å². The number of nitrogens with zero attached hydrogens (tertiary/aromatic N) is 6. The van der Waals surface area contributed by atoms with Crippen LogP contribution in [0, 0.1) is 0 Å². The van der Waals surface area contributed by atoms with E-state index >= 15 is 0 Å². The minimum absolute atomic E-state index is 0.871. The van der Waals surface area contributed by atoms with Gasteiger partial charge in [-0.15, -0.1) is 0 Å². The molecule has 4 heterocycles. The molecule has 4 aromatic carbocycles. The number of imidazole rings is 2. The maximum atomic E-state index is 2.54. The fraction of sp³-hybridized carbons (Fsp3) is 0.302. The summed E-state index contributed by atoms with van der Waals surface area (Å²) in [5.41, 5.74) is 10.8. The SMILES string of the molecule is CCCCn1c2ccc(Cc3ccc4c(c3)c3cc(Cn5cc[n+](C)c5)ccc3n4CCCC)cc2c2cc(Cn3cc[n+](C)c3)ccc21. The zero-order valence-corrected chi connectivity index (χ0v) is 29.4. The summed E-state index contributed by atoms with van der Waals surface area (Å²) >= 11 is 0. The Balaban J connectivity index is 1.18. The third kappa shape index (κ3) is 6.05. The lowest BCUT2D eigenvalue weighted by Gasteiger charge is -2.08. The van der Waals surface area contributed by atoms with Crippen LogP contribution < -0.4 is 9.13 Å². The van der Waals surface area contributed by atoms with Crippen molar-refractivity contribution in [2.75, 3.05) is 0 Å². The van der Waals surface area contributed by atoms with Gasteiger partial charge in [-0.25, -0.2) is 18.3 Å². The van der Waals surface area contributed by atoms with Gasteiger partial charge in [-0.3, -0.25) is 0 Å². The normalized spacial score (nSPS) is 12.0. The molecule has 6 heteroatoms. The number of benzene rings is 4. The highest BCUT2D eigenvalue weighted by molar-refractivity contribution is 6.09. The maximum absolute atomic E-state index is 2.54. The minimum Gasteiger partial charge on any atom is -0.340 e. The van der Waals surface area contributed by atoms with Crippen LogP contribution in [0.2, 0.25) is 0 Å². The predicted octanol–water partition coefficient (Wildman–Crippen LogP) is 8.44. The molecule has 8 aromatic rings. The third-order valence-corrected chi connectivity index (χ3v) is 10.2. The molecule has 0 fully saturated rings. The van der Waals surface area contributed by atoms with Gasteiger partial charge in [0.15, 0.2) is 0 Å². The monoisotopic (exact) mass is 648 g/mol. The summed E-state index contributed by atoms with van der Waals surface area (Å²) in [5, 5.41) is 5.45. The molecule has 0 spiro atoms. The number of rotatable bonds is 12. The number of hydrogen-bond donors (Lipinski definition) is 0. The molecule has 4 aromatic heterocycles. The van der Waals surface area contributed by atoms with Crippen LogP contribution in [0.15, 0.2) is 110 Å². The molecule has 8 rings (SSSR count). The molecule has 0 atom stereocenters. The maximum Gasteiger partial charge on any atom is 0.243 e. The highest BCUT2D eigenvalue weighted by Gasteiger charge is 2.16. The summed E-state index contributed by atoms with van der Waals surface area (Å²) in [7, 11) is 4.15. The predicted molar refractivity (Wildman–Crippen MR) is 201 cm³/mol. The Morgan fingerprint density at radius 1 is 0.490 bits per heavy atom. The quantitative estimate of drug-likeness (QED) is 0.119. The zero-order chi connectivity index (χ0) is 33.5. The molecule has 248 valence electrons. The molecule has 0 amide bonds. The Bertz CT molecular complexity index is 2260. The summed E-state index contributed by atoms with van der Waals surface area (Å²) in [6.45, 7) is 8.40. The Morgan fingerprint density at radius 3 is 1.20 bits per heavy atom. The van der Waals surface area contributed by atoms with Crippen LogP contribution in [-0.4, -0.2) is 18.3 Å². The largest absolute Gasteiger partial charge is 0.340 e. The van der Waals surface area contributed by atoms with E-state index in [1.807, 2.05) is 0 Å². The summed E-state index contributed by atoms with van der Waals surface area (Å²) in [6.07, 6.45) is 18.4. The molecular weight excluding hydrogens is 601 g/mol. The van der Waals surface area contributed by atoms with E-state index in [9.17, 15) is 0 Å². The molecule has 0 bridgehead atoms. The second-order valence-electron chi connectivity index (χ2n) is 14.1. The van der Waals surface area contributed by atoms with Gasteiger partial charge in [0.05, 0.1) is 14.1 Å². The standard InChI is InChI=1S/C43H48N6/c1-5-7-17-48-40-13-9-32(24-36(40)38-26-34(11-15-42(38)48)28-46-21-19-44(3)30-46)23-33-10-14-41-37(25-33)39-27-35(29-47-22-20-45(4)31-47)12-16-43(39)49(41)18-8-6-2/h9-16,19-22,24-27,30-31H,5-8,17-18,23,28-29H2,1-4H3/q+2. The molecule has 6 nitrogen and oxygen atoms in total. The fourth-order valence-electron chi connectivity index (χ4n) is 7.78. The summed E-state index contributed by atoms with van der Waals surface area (Å²) in [4.78, 5) is 0. The first-order chi connectivity index (χ1) is 24.0. The number of hydrogen-bond acceptors (Lipinski definition) is 0. The van der Waals surface area contributed by atoms with Crippen molar-refractivity contribution in [3.05, 3.63) is 132 Å². The second kappa shape index (κ2) is 13.1. The minimum atomic E-state index is 0.871. The Labute approximate surface area is 289 Å². The second-order valence-corrected chi connectivity index (χ2v) is 14.1.